The largest absolute Gasteiger partial charge is 0.550 e. The minimum absolute atomic E-state index is 0.216. The average molecular weight is 331 g/mol. The summed E-state index contributed by atoms with van der Waals surface area (Å²) in [6.45, 7) is 0.513. The lowest BCUT2D eigenvalue weighted by atomic mass is 9.96. The number of aliphatic carboxylic acids is 1. The first-order valence-corrected chi connectivity index (χ1v) is 7.30. The quantitative estimate of drug-likeness (QED) is 0.893. The summed E-state index contributed by atoms with van der Waals surface area (Å²) < 4.78 is 5.32. The van der Waals surface area contributed by atoms with Gasteiger partial charge in [0.25, 0.3) is 0 Å². The molecule has 1 aliphatic rings. The van der Waals surface area contributed by atoms with Gasteiger partial charge in [-0.2, -0.15) is 0 Å². The number of carbonyl (C=O) groups is 2. The molecule has 1 N–H and O–H groups in total. The van der Waals surface area contributed by atoms with Gasteiger partial charge in [0.15, 0.2) is 0 Å². The molecule has 1 fully saturated rings. The molecule has 0 spiro atoms. The predicted octanol–water partition coefficient (Wildman–Crippen LogP) is 1.87. The molecular formula is C14H14Cl2NO4-. The number of hydrogen-bond acceptors (Lipinski definition) is 4. The lowest BCUT2D eigenvalue weighted by Gasteiger charge is -2.23. The Balaban J connectivity index is 2.00. The van der Waals surface area contributed by atoms with Crippen LogP contribution in [0.3, 0.4) is 0 Å². The summed E-state index contributed by atoms with van der Waals surface area (Å²) in [5.41, 5.74) is 0.385. The van der Waals surface area contributed by atoms with E-state index in [9.17, 15) is 14.7 Å². The van der Waals surface area contributed by atoms with E-state index in [2.05, 4.69) is 5.32 Å². The van der Waals surface area contributed by atoms with Crippen LogP contribution in [0.4, 0.5) is 5.69 Å². The maximum absolute atomic E-state index is 12.0. The molecular weight excluding hydrogens is 317 g/mol. The van der Waals surface area contributed by atoms with E-state index >= 15 is 0 Å². The van der Waals surface area contributed by atoms with Gasteiger partial charge in [-0.05, 0) is 31.0 Å². The Morgan fingerprint density at radius 3 is 2.76 bits per heavy atom. The zero-order chi connectivity index (χ0) is 15.4. The normalized spacial score (nSPS) is 19.2. The standard InChI is InChI=1S/C14H15Cl2NO4/c15-8-3-4-11(10(16)6-8)17-13(18)7-9(14(19)20)12-2-1-5-21-12/h3-4,6,9,12H,1-2,5,7H2,(H,17,18)(H,19,20)/p-1/t9-,12+/m1/s1. The molecule has 0 saturated carbocycles. The van der Waals surface area contributed by atoms with Gasteiger partial charge in [0, 0.05) is 29.9 Å². The van der Waals surface area contributed by atoms with E-state index in [4.69, 9.17) is 27.9 Å². The molecule has 114 valence electrons. The highest BCUT2D eigenvalue weighted by atomic mass is 35.5. The van der Waals surface area contributed by atoms with Crippen LogP contribution in [0.25, 0.3) is 0 Å². The Morgan fingerprint density at radius 2 is 2.19 bits per heavy atom. The third-order valence-corrected chi connectivity index (χ3v) is 3.87. The molecule has 1 heterocycles. The molecule has 0 radical (unpaired) electrons. The Kier molecular flexibility index (Phi) is 5.45. The summed E-state index contributed by atoms with van der Waals surface area (Å²) in [6.07, 6.45) is 0.722. The predicted molar refractivity (Wildman–Crippen MR) is 77.2 cm³/mol. The number of carboxylic acids is 1. The first kappa shape index (κ1) is 16.1. The van der Waals surface area contributed by atoms with Gasteiger partial charge in [0.1, 0.15) is 0 Å². The summed E-state index contributed by atoms with van der Waals surface area (Å²) in [6, 6.07) is 4.64. The van der Waals surface area contributed by atoms with Gasteiger partial charge in [0.2, 0.25) is 5.91 Å². The second-order valence-electron chi connectivity index (χ2n) is 4.85. The Hall–Kier alpha value is -1.30. The SMILES string of the molecule is O=C(C[C@@H](C(=O)[O-])[C@@H]1CCCO1)Nc1ccc(Cl)cc1Cl. The maximum atomic E-state index is 12.0. The maximum Gasteiger partial charge on any atom is 0.225 e. The van der Waals surface area contributed by atoms with Crippen molar-refractivity contribution in [3.8, 4) is 0 Å². The van der Waals surface area contributed by atoms with Crippen LogP contribution >= 0.6 is 23.2 Å². The van der Waals surface area contributed by atoms with E-state index in [-0.39, 0.29) is 11.4 Å². The van der Waals surface area contributed by atoms with Crippen molar-refractivity contribution in [3.05, 3.63) is 28.2 Å². The topological polar surface area (TPSA) is 78.5 Å². The molecule has 1 aromatic carbocycles. The van der Waals surface area contributed by atoms with E-state index in [0.717, 1.165) is 6.42 Å². The minimum Gasteiger partial charge on any atom is -0.550 e. The highest BCUT2D eigenvalue weighted by Crippen LogP contribution is 2.27. The lowest BCUT2D eigenvalue weighted by molar-refractivity contribution is -0.314. The number of halogens is 2. The molecule has 7 heteroatoms. The summed E-state index contributed by atoms with van der Waals surface area (Å²) in [5.74, 6) is -2.69. The van der Waals surface area contributed by atoms with Gasteiger partial charge < -0.3 is 20.0 Å². The van der Waals surface area contributed by atoms with E-state index in [0.29, 0.717) is 23.7 Å². The number of carboxylic acid groups (broad SMARTS) is 1. The second-order valence-corrected chi connectivity index (χ2v) is 5.70. The molecule has 0 aromatic heterocycles. The number of ether oxygens (including phenoxy) is 1. The molecule has 2 atom stereocenters. The van der Waals surface area contributed by atoms with Crippen molar-refractivity contribution in [2.75, 3.05) is 11.9 Å². The van der Waals surface area contributed by atoms with Crippen molar-refractivity contribution in [3.63, 3.8) is 0 Å². The van der Waals surface area contributed by atoms with Crippen LogP contribution in [0.5, 0.6) is 0 Å². The van der Waals surface area contributed by atoms with Crippen LogP contribution in [-0.2, 0) is 14.3 Å². The fourth-order valence-electron chi connectivity index (χ4n) is 2.28. The fraction of sp³-hybridized carbons (Fsp3) is 0.429. The van der Waals surface area contributed by atoms with Crippen molar-refractivity contribution in [2.45, 2.75) is 25.4 Å². The molecule has 21 heavy (non-hydrogen) atoms. The smallest absolute Gasteiger partial charge is 0.225 e. The van der Waals surface area contributed by atoms with Crippen LogP contribution in [0, 0.1) is 5.92 Å². The molecule has 1 saturated heterocycles. The summed E-state index contributed by atoms with van der Waals surface area (Å²) >= 11 is 11.7. The Morgan fingerprint density at radius 1 is 1.43 bits per heavy atom. The monoisotopic (exact) mass is 330 g/mol. The molecule has 2 rings (SSSR count). The zero-order valence-corrected chi connectivity index (χ0v) is 12.6. The molecule has 0 aliphatic carbocycles. The van der Waals surface area contributed by atoms with Crippen LogP contribution in [0.1, 0.15) is 19.3 Å². The third-order valence-electron chi connectivity index (χ3n) is 3.33. The highest BCUT2D eigenvalue weighted by Gasteiger charge is 2.29. The molecule has 1 aliphatic heterocycles. The lowest BCUT2D eigenvalue weighted by Crippen LogP contribution is -2.40. The van der Waals surface area contributed by atoms with Gasteiger partial charge in [-0.15, -0.1) is 0 Å². The first-order valence-electron chi connectivity index (χ1n) is 6.54. The van der Waals surface area contributed by atoms with Crippen LogP contribution in [-0.4, -0.2) is 24.6 Å². The first-order chi connectivity index (χ1) is 9.97. The number of nitrogens with one attached hydrogen (secondary N) is 1. The number of rotatable bonds is 5. The van der Waals surface area contributed by atoms with Crippen LogP contribution < -0.4 is 10.4 Å². The van der Waals surface area contributed by atoms with Crippen molar-refractivity contribution in [1.82, 2.24) is 0 Å². The minimum atomic E-state index is -1.28. The van der Waals surface area contributed by atoms with E-state index in [1.165, 1.54) is 6.07 Å². The molecule has 5 nitrogen and oxygen atoms in total. The van der Waals surface area contributed by atoms with Crippen LogP contribution in [0.15, 0.2) is 18.2 Å². The summed E-state index contributed by atoms with van der Waals surface area (Å²) in [7, 11) is 0. The van der Waals surface area contributed by atoms with Crippen molar-refractivity contribution < 1.29 is 19.4 Å². The number of hydrogen-bond donors (Lipinski definition) is 1. The van der Waals surface area contributed by atoms with Gasteiger partial charge in [0.05, 0.1) is 16.8 Å². The van der Waals surface area contributed by atoms with Gasteiger partial charge in [-0.1, -0.05) is 23.2 Å². The Bertz CT molecular complexity index is 544. The Labute approximate surface area is 132 Å². The number of benzene rings is 1. The zero-order valence-electron chi connectivity index (χ0n) is 11.1. The van der Waals surface area contributed by atoms with Gasteiger partial charge >= 0.3 is 0 Å². The van der Waals surface area contributed by atoms with E-state index in [1.54, 1.807) is 12.1 Å². The van der Waals surface area contributed by atoms with Crippen molar-refractivity contribution in [1.29, 1.82) is 0 Å². The molecule has 0 unspecified atom stereocenters. The van der Waals surface area contributed by atoms with Crippen LogP contribution in [0.2, 0.25) is 10.0 Å². The highest BCUT2D eigenvalue weighted by molar-refractivity contribution is 6.36. The summed E-state index contributed by atoms with van der Waals surface area (Å²) in [4.78, 5) is 23.1. The van der Waals surface area contributed by atoms with Crippen molar-refractivity contribution >= 4 is 40.8 Å². The second kappa shape index (κ2) is 7.11. The molecule has 1 aromatic rings. The van der Waals surface area contributed by atoms with E-state index < -0.39 is 23.9 Å². The van der Waals surface area contributed by atoms with Gasteiger partial charge in [-0.3, -0.25) is 4.79 Å². The third kappa shape index (κ3) is 4.33. The van der Waals surface area contributed by atoms with Gasteiger partial charge in [-0.25, -0.2) is 0 Å². The number of anilines is 1. The van der Waals surface area contributed by atoms with E-state index in [1.807, 2.05) is 0 Å². The molecule has 1 amide bonds. The van der Waals surface area contributed by atoms with Crippen molar-refractivity contribution in [2.24, 2.45) is 5.92 Å². The number of amides is 1. The molecule has 0 bridgehead atoms. The fourth-order valence-corrected chi connectivity index (χ4v) is 2.73. The number of carbonyl (C=O) groups excluding carboxylic acids is 2. The average Bonchev–Trinajstić information content (AvgIpc) is 2.92. The summed E-state index contributed by atoms with van der Waals surface area (Å²) in [5, 5.41) is 14.5.